The number of likely N-dealkylation sites (tertiary alicyclic amines) is 1. The summed E-state index contributed by atoms with van der Waals surface area (Å²) in [7, 11) is 1.79. The van der Waals surface area contributed by atoms with E-state index in [9.17, 15) is 4.79 Å². The van der Waals surface area contributed by atoms with Gasteiger partial charge < -0.3 is 9.64 Å². The SMILES string of the molecule is COCC1CCN(CC2CC(C)(C)CCC2=O)CC1. The molecule has 2 rings (SSSR count). The molecule has 0 amide bonds. The maximum Gasteiger partial charge on any atom is 0.137 e. The second-order valence-electron chi connectivity index (χ2n) is 7.23. The zero-order valence-electron chi connectivity index (χ0n) is 12.8. The highest BCUT2D eigenvalue weighted by Gasteiger charge is 2.34. The highest BCUT2D eigenvalue weighted by atomic mass is 16.5. The van der Waals surface area contributed by atoms with Crippen molar-refractivity contribution in [1.29, 1.82) is 0 Å². The predicted octanol–water partition coefficient (Wildman–Crippen LogP) is 2.74. The minimum absolute atomic E-state index is 0.280. The van der Waals surface area contributed by atoms with Crippen LogP contribution in [0.25, 0.3) is 0 Å². The molecule has 0 bridgehead atoms. The van der Waals surface area contributed by atoms with Gasteiger partial charge >= 0.3 is 0 Å². The summed E-state index contributed by atoms with van der Waals surface area (Å²) in [5, 5.41) is 0. The molecule has 0 aromatic rings. The minimum atomic E-state index is 0.280. The Bertz CT molecular complexity index is 306. The summed E-state index contributed by atoms with van der Waals surface area (Å²) in [6, 6.07) is 0. The molecule has 3 nitrogen and oxygen atoms in total. The van der Waals surface area contributed by atoms with E-state index >= 15 is 0 Å². The largest absolute Gasteiger partial charge is 0.384 e. The molecule has 0 radical (unpaired) electrons. The zero-order valence-corrected chi connectivity index (χ0v) is 12.8. The average Bonchev–Trinajstić information content (AvgIpc) is 2.36. The van der Waals surface area contributed by atoms with Crippen LogP contribution in [0.5, 0.6) is 0 Å². The molecule has 0 aromatic carbocycles. The fourth-order valence-corrected chi connectivity index (χ4v) is 3.60. The average molecular weight is 267 g/mol. The molecule has 1 atom stereocenters. The number of nitrogens with zero attached hydrogens (tertiary/aromatic N) is 1. The summed E-state index contributed by atoms with van der Waals surface area (Å²) in [6.45, 7) is 8.76. The summed E-state index contributed by atoms with van der Waals surface area (Å²) >= 11 is 0. The summed E-state index contributed by atoms with van der Waals surface area (Å²) in [4.78, 5) is 14.6. The van der Waals surface area contributed by atoms with E-state index < -0.39 is 0 Å². The highest BCUT2D eigenvalue weighted by Crippen LogP contribution is 2.37. The Morgan fingerprint density at radius 2 is 2.00 bits per heavy atom. The molecule has 1 heterocycles. The number of hydrogen-bond acceptors (Lipinski definition) is 3. The van der Waals surface area contributed by atoms with Gasteiger partial charge in [-0.3, -0.25) is 4.79 Å². The van der Waals surface area contributed by atoms with Gasteiger partial charge in [0.25, 0.3) is 0 Å². The van der Waals surface area contributed by atoms with Crippen LogP contribution in [0.15, 0.2) is 0 Å². The second kappa shape index (κ2) is 6.36. The van der Waals surface area contributed by atoms with Crippen molar-refractivity contribution in [2.45, 2.75) is 46.0 Å². The molecule has 19 heavy (non-hydrogen) atoms. The smallest absolute Gasteiger partial charge is 0.137 e. The summed E-state index contributed by atoms with van der Waals surface area (Å²) < 4.78 is 5.24. The van der Waals surface area contributed by atoms with Crippen LogP contribution < -0.4 is 0 Å². The molecule has 0 spiro atoms. The van der Waals surface area contributed by atoms with Gasteiger partial charge in [-0.1, -0.05) is 13.8 Å². The number of rotatable bonds is 4. The lowest BCUT2D eigenvalue weighted by molar-refractivity contribution is -0.128. The van der Waals surface area contributed by atoms with E-state index in [4.69, 9.17) is 4.74 Å². The first-order chi connectivity index (χ1) is 9.00. The number of Topliss-reactive ketones (excluding diaryl/α,β-unsaturated/α-hetero) is 1. The van der Waals surface area contributed by atoms with Gasteiger partial charge in [0.1, 0.15) is 5.78 Å². The van der Waals surface area contributed by atoms with Gasteiger partial charge in [-0.25, -0.2) is 0 Å². The van der Waals surface area contributed by atoms with Gasteiger partial charge in [0.15, 0.2) is 0 Å². The topological polar surface area (TPSA) is 29.5 Å². The van der Waals surface area contributed by atoms with Crippen LogP contribution in [0.3, 0.4) is 0 Å². The third-order valence-electron chi connectivity index (χ3n) is 4.89. The Morgan fingerprint density at radius 1 is 1.32 bits per heavy atom. The lowest BCUT2D eigenvalue weighted by Crippen LogP contribution is -2.42. The zero-order chi connectivity index (χ0) is 13.9. The van der Waals surface area contributed by atoms with Crippen LogP contribution in [0.2, 0.25) is 0 Å². The van der Waals surface area contributed by atoms with E-state index in [1.807, 2.05) is 0 Å². The Hall–Kier alpha value is -0.410. The molecule has 0 aromatic heterocycles. The van der Waals surface area contributed by atoms with Crippen LogP contribution in [0, 0.1) is 17.3 Å². The molecule has 1 saturated carbocycles. The van der Waals surface area contributed by atoms with E-state index in [2.05, 4.69) is 18.7 Å². The van der Waals surface area contributed by atoms with Crippen molar-refractivity contribution in [3.05, 3.63) is 0 Å². The monoisotopic (exact) mass is 267 g/mol. The number of ketones is 1. The first kappa shape index (κ1) is 15.0. The molecule has 1 aliphatic carbocycles. The highest BCUT2D eigenvalue weighted by molar-refractivity contribution is 5.82. The van der Waals surface area contributed by atoms with E-state index in [1.54, 1.807) is 7.11 Å². The van der Waals surface area contributed by atoms with Crippen molar-refractivity contribution < 1.29 is 9.53 Å². The fraction of sp³-hybridized carbons (Fsp3) is 0.938. The van der Waals surface area contributed by atoms with Crippen molar-refractivity contribution in [3.8, 4) is 0 Å². The van der Waals surface area contributed by atoms with Crippen molar-refractivity contribution >= 4 is 5.78 Å². The van der Waals surface area contributed by atoms with Crippen molar-refractivity contribution in [3.63, 3.8) is 0 Å². The minimum Gasteiger partial charge on any atom is -0.384 e. The molecule has 110 valence electrons. The van der Waals surface area contributed by atoms with Gasteiger partial charge in [0.2, 0.25) is 0 Å². The van der Waals surface area contributed by atoms with Gasteiger partial charge in [-0.05, 0) is 50.1 Å². The molecule has 2 fully saturated rings. The molecule has 3 heteroatoms. The first-order valence-corrected chi connectivity index (χ1v) is 7.74. The summed E-state index contributed by atoms with van der Waals surface area (Å²) in [6.07, 6.45) is 5.37. The van der Waals surface area contributed by atoms with Crippen molar-refractivity contribution in [2.24, 2.45) is 17.3 Å². The molecular formula is C16H29NO2. The van der Waals surface area contributed by atoms with Crippen molar-refractivity contribution in [2.75, 3.05) is 33.4 Å². The standard InChI is InChI=1S/C16H29NO2/c1-16(2)7-4-15(18)14(10-16)11-17-8-5-13(6-9-17)12-19-3/h13-14H,4-12H2,1-3H3. The molecule has 1 aliphatic heterocycles. The number of methoxy groups -OCH3 is 1. The molecule has 1 saturated heterocycles. The van der Waals surface area contributed by atoms with Gasteiger partial charge in [-0.15, -0.1) is 0 Å². The normalized spacial score (nSPS) is 29.6. The molecular weight excluding hydrogens is 238 g/mol. The van der Waals surface area contributed by atoms with E-state index in [0.717, 1.165) is 51.4 Å². The van der Waals surface area contributed by atoms with Gasteiger partial charge in [0.05, 0.1) is 0 Å². The van der Waals surface area contributed by atoms with Gasteiger partial charge in [-0.2, -0.15) is 0 Å². The lowest BCUT2D eigenvalue weighted by atomic mass is 9.71. The number of hydrogen-bond donors (Lipinski definition) is 0. The Labute approximate surface area is 117 Å². The van der Waals surface area contributed by atoms with Crippen molar-refractivity contribution in [1.82, 2.24) is 4.90 Å². The van der Waals surface area contributed by atoms with E-state index in [1.165, 1.54) is 12.8 Å². The third kappa shape index (κ3) is 4.28. The maximum atomic E-state index is 12.1. The quantitative estimate of drug-likeness (QED) is 0.784. The molecule has 1 unspecified atom stereocenters. The summed E-state index contributed by atoms with van der Waals surface area (Å²) in [5.74, 6) is 1.50. The van der Waals surface area contributed by atoms with Crippen LogP contribution in [0.1, 0.15) is 46.0 Å². The van der Waals surface area contributed by atoms with E-state index in [-0.39, 0.29) is 5.92 Å². The number of ether oxygens (including phenoxy) is 1. The molecule has 0 N–H and O–H groups in total. The Kier molecular flexibility index (Phi) is 5.02. The Balaban J connectivity index is 1.80. The van der Waals surface area contributed by atoms with E-state index in [0.29, 0.717) is 11.2 Å². The van der Waals surface area contributed by atoms with Crippen LogP contribution >= 0.6 is 0 Å². The first-order valence-electron chi connectivity index (χ1n) is 7.74. The summed E-state index contributed by atoms with van der Waals surface area (Å²) in [5.41, 5.74) is 0.354. The van der Waals surface area contributed by atoms with Crippen LogP contribution in [-0.2, 0) is 9.53 Å². The predicted molar refractivity (Wildman–Crippen MR) is 77.2 cm³/mol. The Morgan fingerprint density at radius 3 is 2.63 bits per heavy atom. The lowest BCUT2D eigenvalue weighted by Gasteiger charge is -2.38. The fourth-order valence-electron chi connectivity index (χ4n) is 3.60. The number of carbonyl (C=O) groups excluding carboxylic acids is 1. The number of carbonyl (C=O) groups is 1. The molecule has 2 aliphatic rings. The second-order valence-corrected chi connectivity index (χ2v) is 7.23. The van der Waals surface area contributed by atoms with Gasteiger partial charge in [0, 0.05) is 32.6 Å². The maximum absolute atomic E-state index is 12.1. The van der Waals surface area contributed by atoms with Crippen LogP contribution in [0.4, 0.5) is 0 Å². The number of piperidine rings is 1. The van der Waals surface area contributed by atoms with Crippen LogP contribution in [-0.4, -0.2) is 44.0 Å². The third-order valence-corrected chi connectivity index (χ3v) is 4.89.